The van der Waals surface area contributed by atoms with Crippen molar-refractivity contribution < 1.29 is 4.74 Å². The Labute approximate surface area is 179 Å². The Kier molecular flexibility index (Phi) is 8.31. The molecule has 0 aliphatic carbocycles. The van der Waals surface area contributed by atoms with Crippen molar-refractivity contribution in [2.45, 2.75) is 5.88 Å². The summed E-state index contributed by atoms with van der Waals surface area (Å²) < 4.78 is 5.00. The second-order valence-corrected chi connectivity index (χ2v) is 8.81. The van der Waals surface area contributed by atoms with E-state index in [2.05, 4.69) is 91.0 Å². The minimum absolute atomic E-state index is 0.446. The minimum atomic E-state index is -0.446. The molecular weight excluding hydrogens is 395 g/mol. The van der Waals surface area contributed by atoms with Gasteiger partial charge >= 0.3 is 0 Å². The molecule has 0 spiro atoms. The molecule has 0 aliphatic rings. The molecule has 3 heteroatoms. The van der Waals surface area contributed by atoms with Gasteiger partial charge in [0.25, 0.3) is 0 Å². The third-order valence-electron chi connectivity index (χ3n) is 4.33. The SMILES string of the molecule is COc1cccc(CCl)c1.c1ccc(P(c2ccccc2)c2ccccc2)cc1. The van der Waals surface area contributed by atoms with E-state index in [1.807, 2.05) is 24.3 Å². The van der Waals surface area contributed by atoms with Gasteiger partial charge in [-0.25, -0.2) is 0 Å². The summed E-state index contributed by atoms with van der Waals surface area (Å²) in [5.74, 6) is 1.40. The molecule has 0 saturated heterocycles. The monoisotopic (exact) mass is 418 g/mol. The van der Waals surface area contributed by atoms with E-state index in [0.717, 1.165) is 11.3 Å². The van der Waals surface area contributed by atoms with Gasteiger partial charge in [-0.3, -0.25) is 0 Å². The van der Waals surface area contributed by atoms with Gasteiger partial charge in [-0.15, -0.1) is 11.6 Å². The van der Waals surface area contributed by atoms with Crippen molar-refractivity contribution in [2.24, 2.45) is 0 Å². The van der Waals surface area contributed by atoms with Crippen molar-refractivity contribution in [3.8, 4) is 5.75 Å². The van der Waals surface area contributed by atoms with E-state index in [1.54, 1.807) is 7.11 Å². The predicted molar refractivity (Wildman–Crippen MR) is 128 cm³/mol. The molecule has 1 nitrogen and oxygen atoms in total. The molecule has 0 N–H and O–H groups in total. The summed E-state index contributed by atoms with van der Waals surface area (Å²) in [6.07, 6.45) is 0. The van der Waals surface area contributed by atoms with Crippen LogP contribution in [0.15, 0.2) is 115 Å². The Hall–Kier alpha value is -2.60. The second kappa shape index (κ2) is 11.4. The van der Waals surface area contributed by atoms with Crippen LogP contribution in [-0.2, 0) is 5.88 Å². The van der Waals surface area contributed by atoms with E-state index < -0.39 is 7.92 Å². The average Bonchev–Trinajstić information content (AvgIpc) is 2.82. The molecule has 29 heavy (non-hydrogen) atoms. The smallest absolute Gasteiger partial charge is 0.119 e. The maximum atomic E-state index is 5.60. The molecule has 0 bridgehead atoms. The minimum Gasteiger partial charge on any atom is -0.497 e. The van der Waals surface area contributed by atoms with Crippen LogP contribution < -0.4 is 20.7 Å². The number of hydrogen-bond donors (Lipinski definition) is 0. The van der Waals surface area contributed by atoms with Crippen LogP contribution in [0.1, 0.15) is 5.56 Å². The third kappa shape index (κ3) is 6.19. The van der Waals surface area contributed by atoms with E-state index in [4.69, 9.17) is 16.3 Å². The highest BCUT2D eigenvalue weighted by molar-refractivity contribution is 7.79. The lowest BCUT2D eigenvalue weighted by molar-refractivity contribution is 0.414. The molecule has 0 radical (unpaired) electrons. The summed E-state index contributed by atoms with van der Waals surface area (Å²) in [5, 5.41) is 4.19. The van der Waals surface area contributed by atoms with Crippen LogP contribution in [-0.4, -0.2) is 7.11 Å². The molecule has 4 aromatic rings. The van der Waals surface area contributed by atoms with Crippen molar-refractivity contribution in [2.75, 3.05) is 7.11 Å². The van der Waals surface area contributed by atoms with Crippen molar-refractivity contribution in [3.63, 3.8) is 0 Å². The number of alkyl halides is 1. The summed E-state index contributed by atoms with van der Waals surface area (Å²) in [5.41, 5.74) is 1.08. The lowest BCUT2D eigenvalue weighted by Crippen LogP contribution is -2.20. The maximum absolute atomic E-state index is 5.60. The van der Waals surface area contributed by atoms with Gasteiger partial charge in [0, 0.05) is 5.88 Å². The van der Waals surface area contributed by atoms with Gasteiger partial charge in [0.1, 0.15) is 5.75 Å². The fraction of sp³-hybridized carbons (Fsp3) is 0.0769. The van der Waals surface area contributed by atoms with E-state index in [1.165, 1.54) is 15.9 Å². The van der Waals surface area contributed by atoms with Gasteiger partial charge in [-0.1, -0.05) is 103 Å². The van der Waals surface area contributed by atoms with Crippen LogP contribution in [0.3, 0.4) is 0 Å². The van der Waals surface area contributed by atoms with Crippen LogP contribution in [0.2, 0.25) is 0 Å². The Bertz CT molecular complexity index is 862. The highest BCUT2D eigenvalue weighted by Gasteiger charge is 2.14. The second-order valence-electron chi connectivity index (χ2n) is 6.33. The Morgan fingerprint density at radius 3 is 1.45 bits per heavy atom. The fourth-order valence-electron chi connectivity index (χ4n) is 2.93. The molecule has 0 heterocycles. The number of benzene rings is 4. The first-order valence-electron chi connectivity index (χ1n) is 9.46. The highest BCUT2D eigenvalue weighted by atomic mass is 35.5. The van der Waals surface area contributed by atoms with Gasteiger partial charge in [0.05, 0.1) is 7.11 Å². The van der Waals surface area contributed by atoms with Gasteiger partial charge in [0.2, 0.25) is 0 Å². The largest absolute Gasteiger partial charge is 0.497 e. The zero-order valence-corrected chi connectivity index (χ0v) is 18.1. The zero-order chi connectivity index (χ0) is 20.3. The molecular formula is C26H24ClOP. The molecule has 0 aliphatic heterocycles. The van der Waals surface area contributed by atoms with Crippen LogP contribution in [0.4, 0.5) is 0 Å². The maximum Gasteiger partial charge on any atom is 0.119 e. The number of hydrogen-bond acceptors (Lipinski definition) is 1. The van der Waals surface area contributed by atoms with E-state index in [-0.39, 0.29) is 0 Å². The van der Waals surface area contributed by atoms with Gasteiger partial charge in [0.15, 0.2) is 0 Å². The van der Waals surface area contributed by atoms with Crippen molar-refractivity contribution in [1.29, 1.82) is 0 Å². The zero-order valence-electron chi connectivity index (χ0n) is 16.4. The van der Waals surface area contributed by atoms with Crippen LogP contribution in [0, 0.1) is 0 Å². The first-order chi connectivity index (χ1) is 14.3. The van der Waals surface area contributed by atoms with Crippen LogP contribution in [0.5, 0.6) is 5.75 Å². The highest BCUT2D eigenvalue weighted by Crippen LogP contribution is 2.32. The van der Waals surface area contributed by atoms with Crippen molar-refractivity contribution in [3.05, 3.63) is 121 Å². The third-order valence-corrected chi connectivity index (χ3v) is 7.08. The first kappa shape index (κ1) is 21.1. The van der Waals surface area contributed by atoms with E-state index >= 15 is 0 Å². The molecule has 0 fully saturated rings. The molecule has 146 valence electrons. The Balaban J connectivity index is 0.000000204. The van der Waals surface area contributed by atoms with Crippen LogP contribution >= 0.6 is 19.5 Å². The topological polar surface area (TPSA) is 9.23 Å². The Morgan fingerprint density at radius 1 is 0.621 bits per heavy atom. The summed E-state index contributed by atoms with van der Waals surface area (Å²) in [6, 6.07) is 40.0. The van der Waals surface area contributed by atoms with Crippen molar-refractivity contribution >= 4 is 35.4 Å². The Morgan fingerprint density at radius 2 is 1.07 bits per heavy atom. The molecule has 4 rings (SSSR count). The van der Waals surface area contributed by atoms with Gasteiger partial charge < -0.3 is 4.74 Å². The molecule has 0 amide bonds. The molecule has 0 saturated carbocycles. The standard InChI is InChI=1S/C18H15P.C8H9ClO/c1-4-10-16(11-5-1)19(17-12-6-2-7-13-17)18-14-8-3-9-15-18;1-10-8-4-2-3-7(5-8)6-9/h1-15H;2-5H,6H2,1H3. The predicted octanol–water partition coefficient (Wildman–Crippen LogP) is 5.88. The number of halogens is 1. The summed E-state index contributed by atoms with van der Waals surface area (Å²) >= 11 is 5.60. The van der Waals surface area contributed by atoms with Crippen LogP contribution in [0.25, 0.3) is 0 Å². The molecule has 0 aromatic heterocycles. The van der Waals surface area contributed by atoms with E-state index in [9.17, 15) is 0 Å². The normalized spacial score (nSPS) is 10.2. The molecule has 4 aromatic carbocycles. The molecule has 0 unspecified atom stereocenters. The summed E-state index contributed by atoms with van der Waals surface area (Å²) in [6.45, 7) is 0. The van der Waals surface area contributed by atoms with Crippen molar-refractivity contribution in [1.82, 2.24) is 0 Å². The average molecular weight is 419 g/mol. The van der Waals surface area contributed by atoms with Gasteiger partial charge in [-0.05, 0) is 41.5 Å². The summed E-state index contributed by atoms with van der Waals surface area (Å²) in [7, 11) is 1.20. The number of methoxy groups -OCH3 is 1. The van der Waals surface area contributed by atoms with E-state index in [0.29, 0.717) is 5.88 Å². The lowest BCUT2D eigenvalue weighted by Gasteiger charge is -2.18. The summed E-state index contributed by atoms with van der Waals surface area (Å²) in [4.78, 5) is 0. The number of rotatable bonds is 5. The quantitative estimate of drug-likeness (QED) is 0.290. The first-order valence-corrected chi connectivity index (χ1v) is 11.3. The molecule has 0 atom stereocenters. The number of ether oxygens (including phenoxy) is 1. The van der Waals surface area contributed by atoms with Gasteiger partial charge in [-0.2, -0.15) is 0 Å². The lowest BCUT2D eigenvalue weighted by atomic mass is 10.2. The fourth-order valence-corrected chi connectivity index (χ4v) is 5.41.